The third kappa shape index (κ3) is 3.56. The average molecular weight is 257 g/mol. The van der Waals surface area contributed by atoms with Gasteiger partial charge in [0.2, 0.25) is 0 Å². The second-order valence-corrected chi connectivity index (χ2v) is 4.35. The predicted octanol–water partition coefficient (Wildman–Crippen LogP) is 1.83. The molecular formula is C12H17ClN2O2. The van der Waals surface area contributed by atoms with Gasteiger partial charge < -0.3 is 9.47 Å². The van der Waals surface area contributed by atoms with Crippen LogP contribution in [0.25, 0.3) is 0 Å². The molecule has 94 valence electrons. The Morgan fingerprint density at radius 3 is 3.29 bits per heavy atom. The SMILES string of the molecule is CCN1CCOC(COc2cccnc2Cl)C1. The summed E-state index contributed by atoms with van der Waals surface area (Å²) < 4.78 is 11.3. The molecule has 1 fully saturated rings. The van der Waals surface area contributed by atoms with Gasteiger partial charge in [-0.15, -0.1) is 0 Å². The Hall–Kier alpha value is -0.840. The highest BCUT2D eigenvalue weighted by Crippen LogP contribution is 2.20. The van der Waals surface area contributed by atoms with Crippen LogP contribution in [0.3, 0.4) is 0 Å². The maximum absolute atomic E-state index is 5.91. The smallest absolute Gasteiger partial charge is 0.171 e. The molecular weight excluding hydrogens is 240 g/mol. The van der Waals surface area contributed by atoms with Gasteiger partial charge >= 0.3 is 0 Å². The second kappa shape index (κ2) is 6.19. The molecule has 1 aliphatic rings. The summed E-state index contributed by atoms with van der Waals surface area (Å²) >= 11 is 5.91. The van der Waals surface area contributed by atoms with E-state index in [2.05, 4.69) is 16.8 Å². The van der Waals surface area contributed by atoms with Crippen molar-refractivity contribution in [2.45, 2.75) is 13.0 Å². The van der Waals surface area contributed by atoms with E-state index in [1.165, 1.54) is 0 Å². The molecule has 0 bridgehead atoms. The third-order valence-corrected chi connectivity index (χ3v) is 3.10. The van der Waals surface area contributed by atoms with Gasteiger partial charge in [-0.2, -0.15) is 0 Å². The van der Waals surface area contributed by atoms with Crippen molar-refractivity contribution >= 4 is 11.6 Å². The van der Waals surface area contributed by atoms with Gasteiger partial charge in [0, 0.05) is 19.3 Å². The highest BCUT2D eigenvalue weighted by atomic mass is 35.5. The summed E-state index contributed by atoms with van der Waals surface area (Å²) in [6, 6.07) is 3.62. The summed E-state index contributed by atoms with van der Waals surface area (Å²) in [7, 11) is 0. The molecule has 4 nitrogen and oxygen atoms in total. The summed E-state index contributed by atoms with van der Waals surface area (Å²) in [5.74, 6) is 0.617. The lowest BCUT2D eigenvalue weighted by Gasteiger charge is -2.31. The van der Waals surface area contributed by atoms with E-state index in [1.54, 1.807) is 12.3 Å². The molecule has 1 aromatic heterocycles. The van der Waals surface area contributed by atoms with Crippen molar-refractivity contribution < 1.29 is 9.47 Å². The first kappa shape index (κ1) is 12.6. The van der Waals surface area contributed by atoms with Crippen LogP contribution in [0.5, 0.6) is 5.75 Å². The zero-order valence-corrected chi connectivity index (χ0v) is 10.7. The van der Waals surface area contributed by atoms with Gasteiger partial charge in [-0.05, 0) is 18.7 Å². The van der Waals surface area contributed by atoms with E-state index in [0.717, 1.165) is 26.2 Å². The molecule has 0 amide bonds. The minimum Gasteiger partial charge on any atom is -0.488 e. The molecule has 0 radical (unpaired) electrons. The Kier molecular flexibility index (Phi) is 4.59. The molecule has 1 aromatic rings. The molecule has 17 heavy (non-hydrogen) atoms. The Balaban J connectivity index is 1.84. The lowest BCUT2D eigenvalue weighted by Crippen LogP contribution is -2.44. The number of halogens is 1. The monoisotopic (exact) mass is 256 g/mol. The number of ether oxygens (including phenoxy) is 2. The molecule has 5 heteroatoms. The minimum atomic E-state index is 0.111. The first-order valence-electron chi connectivity index (χ1n) is 5.87. The highest BCUT2D eigenvalue weighted by Gasteiger charge is 2.20. The van der Waals surface area contributed by atoms with Crippen LogP contribution in [-0.2, 0) is 4.74 Å². The normalized spacial score (nSPS) is 21.4. The average Bonchev–Trinajstić information content (AvgIpc) is 2.38. The summed E-state index contributed by atoms with van der Waals surface area (Å²) in [5.41, 5.74) is 0. The van der Waals surface area contributed by atoms with Gasteiger partial charge in [-0.25, -0.2) is 4.98 Å². The minimum absolute atomic E-state index is 0.111. The Morgan fingerprint density at radius 1 is 1.65 bits per heavy atom. The van der Waals surface area contributed by atoms with Crippen molar-refractivity contribution in [1.82, 2.24) is 9.88 Å². The van der Waals surface area contributed by atoms with Gasteiger partial charge in [0.15, 0.2) is 10.9 Å². The van der Waals surface area contributed by atoms with Gasteiger partial charge in [-0.1, -0.05) is 18.5 Å². The number of nitrogens with zero attached hydrogens (tertiary/aromatic N) is 2. The number of hydrogen-bond donors (Lipinski definition) is 0. The third-order valence-electron chi connectivity index (χ3n) is 2.82. The molecule has 1 atom stereocenters. The first-order chi connectivity index (χ1) is 8.29. The van der Waals surface area contributed by atoms with Crippen LogP contribution in [0.4, 0.5) is 0 Å². The molecule has 0 aromatic carbocycles. The van der Waals surface area contributed by atoms with Crippen molar-refractivity contribution in [2.75, 3.05) is 32.8 Å². The number of hydrogen-bond acceptors (Lipinski definition) is 4. The number of rotatable bonds is 4. The van der Waals surface area contributed by atoms with Crippen LogP contribution in [0, 0.1) is 0 Å². The predicted molar refractivity (Wildman–Crippen MR) is 66.6 cm³/mol. The lowest BCUT2D eigenvalue weighted by molar-refractivity contribution is -0.0464. The fourth-order valence-corrected chi connectivity index (χ4v) is 2.00. The molecule has 0 N–H and O–H groups in total. The standard InChI is InChI=1S/C12H17ClN2O2/c1-2-15-6-7-16-10(8-15)9-17-11-4-3-5-14-12(11)13/h3-5,10H,2,6-9H2,1H3. The summed E-state index contributed by atoms with van der Waals surface area (Å²) in [5, 5.41) is 0.399. The van der Waals surface area contributed by atoms with Crippen molar-refractivity contribution in [3.05, 3.63) is 23.5 Å². The van der Waals surface area contributed by atoms with Gasteiger partial charge in [-0.3, -0.25) is 4.90 Å². The molecule has 2 rings (SSSR count). The molecule has 2 heterocycles. The molecule has 1 saturated heterocycles. The van der Waals surface area contributed by atoms with Gasteiger partial charge in [0.1, 0.15) is 12.7 Å². The van der Waals surface area contributed by atoms with E-state index < -0.39 is 0 Å². The second-order valence-electron chi connectivity index (χ2n) is 3.99. The Morgan fingerprint density at radius 2 is 2.53 bits per heavy atom. The maximum atomic E-state index is 5.91. The van der Waals surface area contributed by atoms with E-state index in [4.69, 9.17) is 21.1 Å². The fraction of sp³-hybridized carbons (Fsp3) is 0.583. The van der Waals surface area contributed by atoms with Gasteiger partial charge in [0.05, 0.1) is 6.61 Å². The van der Waals surface area contributed by atoms with Crippen molar-refractivity contribution in [3.63, 3.8) is 0 Å². The zero-order chi connectivity index (χ0) is 12.1. The van der Waals surface area contributed by atoms with Crippen LogP contribution in [0.1, 0.15) is 6.92 Å². The summed E-state index contributed by atoms with van der Waals surface area (Å²) in [4.78, 5) is 6.31. The molecule has 0 spiro atoms. The van der Waals surface area contributed by atoms with Crippen molar-refractivity contribution in [2.24, 2.45) is 0 Å². The number of pyridine rings is 1. The van der Waals surface area contributed by atoms with Crippen LogP contribution < -0.4 is 4.74 Å². The van der Waals surface area contributed by atoms with E-state index >= 15 is 0 Å². The highest BCUT2D eigenvalue weighted by molar-refractivity contribution is 6.30. The molecule has 1 unspecified atom stereocenters. The quantitative estimate of drug-likeness (QED) is 0.770. The molecule has 0 saturated carbocycles. The topological polar surface area (TPSA) is 34.6 Å². The number of likely N-dealkylation sites (N-methyl/N-ethyl adjacent to an activating group) is 1. The maximum Gasteiger partial charge on any atom is 0.171 e. The van der Waals surface area contributed by atoms with Crippen molar-refractivity contribution in [1.29, 1.82) is 0 Å². The first-order valence-corrected chi connectivity index (χ1v) is 6.24. The zero-order valence-electron chi connectivity index (χ0n) is 9.93. The Bertz CT molecular complexity index is 362. The summed E-state index contributed by atoms with van der Waals surface area (Å²) in [6.07, 6.45) is 1.76. The van der Waals surface area contributed by atoms with E-state index in [9.17, 15) is 0 Å². The van der Waals surface area contributed by atoms with Crippen LogP contribution in [-0.4, -0.2) is 48.8 Å². The molecule has 0 aliphatic carbocycles. The summed E-state index contributed by atoms with van der Waals surface area (Å²) in [6.45, 7) is 6.40. The van der Waals surface area contributed by atoms with Crippen molar-refractivity contribution in [3.8, 4) is 5.75 Å². The lowest BCUT2D eigenvalue weighted by atomic mass is 10.3. The van der Waals surface area contributed by atoms with Crippen LogP contribution in [0.15, 0.2) is 18.3 Å². The van der Waals surface area contributed by atoms with E-state index in [0.29, 0.717) is 17.5 Å². The molecule has 1 aliphatic heterocycles. The Labute approximate surface area is 106 Å². The number of aromatic nitrogens is 1. The van der Waals surface area contributed by atoms with E-state index in [1.807, 2.05) is 6.07 Å². The van der Waals surface area contributed by atoms with Gasteiger partial charge in [0.25, 0.3) is 0 Å². The van der Waals surface area contributed by atoms with Crippen LogP contribution in [0.2, 0.25) is 5.15 Å². The van der Waals surface area contributed by atoms with E-state index in [-0.39, 0.29) is 6.10 Å². The number of morpholine rings is 1. The fourth-order valence-electron chi connectivity index (χ4n) is 1.83. The largest absolute Gasteiger partial charge is 0.488 e. The van der Waals surface area contributed by atoms with Crippen LogP contribution >= 0.6 is 11.6 Å².